The predicted octanol–water partition coefficient (Wildman–Crippen LogP) is 2.81. The molecule has 0 aromatic heterocycles. The Bertz CT molecular complexity index is 611. The average Bonchev–Trinajstić information content (AvgIpc) is 2.58. The molecule has 0 radical (unpaired) electrons. The minimum atomic E-state index is -0.379. The number of nitrogens with one attached hydrogen (secondary N) is 1. The van der Waals surface area contributed by atoms with Crippen molar-refractivity contribution in [1.82, 2.24) is 5.32 Å². The van der Waals surface area contributed by atoms with Gasteiger partial charge in [0.1, 0.15) is 11.3 Å². The van der Waals surface area contributed by atoms with Crippen LogP contribution in [0.1, 0.15) is 21.5 Å². The Hall–Kier alpha value is -2.33. The van der Waals surface area contributed by atoms with E-state index < -0.39 is 0 Å². The first-order valence-electron chi connectivity index (χ1n) is 7.24. The third kappa shape index (κ3) is 4.33. The molecular weight excluding hydrogens is 278 g/mol. The molecule has 0 bridgehead atoms. The van der Waals surface area contributed by atoms with Crippen LogP contribution in [-0.2, 0) is 17.7 Å². The Morgan fingerprint density at radius 2 is 1.82 bits per heavy atom. The van der Waals surface area contributed by atoms with E-state index in [4.69, 9.17) is 9.47 Å². The van der Waals surface area contributed by atoms with Crippen LogP contribution in [0.25, 0.3) is 0 Å². The molecule has 116 valence electrons. The van der Waals surface area contributed by atoms with Crippen molar-refractivity contribution < 1.29 is 14.3 Å². The quantitative estimate of drug-likeness (QED) is 0.631. The molecule has 4 nitrogen and oxygen atoms in total. The van der Waals surface area contributed by atoms with Crippen LogP contribution in [0.2, 0.25) is 0 Å². The molecule has 0 atom stereocenters. The third-order valence-electron chi connectivity index (χ3n) is 3.43. The standard InChI is InChI=1S/C18H21NO3/c1-21-17-9-8-14(12-16(17)18(20)22-2)10-11-19-13-15-6-4-3-5-7-15/h3-9,12,19H,10-11,13H2,1-2H3. The van der Waals surface area contributed by atoms with Gasteiger partial charge in [-0.3, -0.25) is 0 Å². The molecule has 0 saturated heterocycles. The Labute approximate surface area is 131 Å². The van der Waals surface area contributed by atoms with Crippen molar-refractivity contribution in [3.8, 4) is 5.75 Å². The predicted molar refractivity (Wildman–Crippen MR) is 86.2 cm³/mol. The number of rotatable bonds is 7. The van der Waals surface area contributed by atoms with Gasteiger partial charge in [-0.15, -0.1) is 0 Å². The average molecular weight is 299 g/mol. The number of hydrogen-bond acceptors (Lipinski definition) is 4. The zero-order valence-corrected chi connectivity index (χ0v) is 13.0. The van der Waals surface area contributed by atoms with E-state index in [2.05, 4.69) is 17.4 Å². The van der Waals surface area contributed by atoms with E-state index in [-0.39, 0.29) is 5.97 Å². The van der Waals surface area contributed by atoms with Crippen molar-refractivity contribution in [2.75, 3.05) is 20.8 Å². The number of benzene rings is 2. The summed E-state index contributed by atoms with van der Waals surface area (Å²) < 4.78 is 9.97. The molecule has 4 heteroatoms. The van der Waals surface area contributed by atoms with E-state index in [1.54, 1.807) is 13.2 Å². The van der Waals surface area contributed by atoms with E-state index in [0.29, 0.717) is 11.3 Å². The summed E-state index contributed by atoms with van der Waals surface area (Å²) in [6, 6.07) is 15.9. The minimum Gasteiger partial charge on any atom is -0.496 e. The summed E-state index contributed by atoms with van der Waals surface area (Å²) in [7, 11) is 2.92. The summed E-state index contributed by atoms with van der Waals surface area (Å²) >= 11 is 0. The molecule has 0 aliphatic rings. The fourth-order valence-corrected chi connectivity index (χ4v) is 2.24. The van der Waals surface area contributed by atoms with Crippen LogP contribution in [0.15, 0.2) is 48.5 Å². The lowest BCUT2D eigenvalue weighted by Crippen LogP contribution is -2.17. The first-order chi connectivity index (χ1) is 10.7. The lowest BCUT2D eigenvalue weighted by atomic mass is 10.1. The van der Waals surface area contributed by atoms with Crippen molar-refractivity contribution in [3.63, 3.8) is 0 Å². The first-order valence-corrected chi connectivity index (χ1v) is 7.24. The molecule has 0 aliphatic carbocycles. The maximum atomic E-state index is 11.7. The van der Waals surface area contributed by atoms with Crippen molar-refractivity contribution in [2.45, 2.75) is 13.0 Å². The van der Waals surface area contributed by atoms with Gasteiger partial charge in [0.2, 0.25) is 0 Å². The molecule has 0 spiro atoms. The number of hydrogen-bond donors (Lipinski definition) is 1. The Kier molecular flexibility index (Phi) is 5.98. The van der Waals surface area contributed by atoms with Gasteiger partial charge in [-0.05, 0) is 36.2 Å². The third-order valence-corrected chi connectivity index (χ3v) is 3.43. The Morgan fingerprint density at radius 3 is 2.50 bits per heavy atom. The molecule has 0 unspecified atom stereocenters. The molecular formula is C18H21NO3. The molecule has 2 aromatic rings. The van der Waals surface area contributed by atoms with E-state index in [1.165, 1.54) is 12.7 Å². The summed E-state index contributed by atoms with van der Waals surface area (Å²) in [5.41, 5.74) is 2.79. The minimum absolute atomic E-state index is 0.379. The van der Waals surface area contributed by atoms with Gasteiger partial charge in [0.05, 0.1) is 14.2 Å². The molecule has 2 rings (SSSR count). The lowest BCUT2D eigenvalue weighted by molar-refractivity contribution is 0.0597. The van der Waals surface area contributed by atoms with Gasteiger partial charge >= 0.3 is 5.97 Å². The fraction of sp³-hybridized carbons (Fsp3) is 0.278. The van der Waals surface area contributed by atoms with Crippen LogP contribution >= 0.6 is 0 Å². The van der Waals surface area contributed by atoms with E-state index in [0.717, 1.165) is 25.1 Å². The summed E-state index contributed by atoms with van der Waals surface area (Å²) in [5.74, 6) is 0.156. The highest BCUT2D eigenvalue weighted by atomic mass is 16.5. The van der Waals surface area contributed by atoms with Gasteiger partial charge < -0.3 is 14.8 Å². The van der Waals surface area contributed by atoms with Gasteiger partial charge in [0.15, 0.2) is 0 Å². The van der Waals surface area contributed by atoms with Gasteiger partial charge in [-0.25, -0.2) is 4.79 Å². The largest absolute Gasteiger partial charge is 0.496 e. The molecule has 0 amide bonds. The first kappa shape index (κ1) is 16.0. The Balaban J connectivity index is 1.91. The summed E-state index contributed by atoms with van der Waals surface area (Å²) in [6.45, 7) is 1.67. The van der Waals surface area contributed by atoms with Crippen molar-refractivity contribution in [3.05, 3.63) is 65.2 Å². The van der Waals surface area contributed by atoms with Crippen molar-refractivity contribution >= 4 is 5.97 Å². The lowest BCUT2D eigenvalue weighted by Gasteiger charge is -2.10. The molecule has 1 N–H and O–H groups in total. The second kappa shape index (κ2) is 8.20. The molecule has 2 aromatic carbocycles. The number of carbonyl (C=O) groups is 1. The van der Waals surface area contributed by atoms with Crippen molar-refractivity contribution in [1.29, 1.82) is 0 Å². The van der Waals surface area contributed by atoms with Gasteiger partial charge in [0.25, 0.3) is 0 Å². The number of carbonyl (C=O) groups excluding carboxylic acids is 1. The summed E-state index contributed by atoms with van der Waals surface area (Å²) in [6.07, 6.45) is 0.834. The van der Waals surface area contributed by atoms with Crippen LogP contribution in [0.5, 0.6) is 5.75 Å². The highest BCUT2D eigenvalue weighted by molar-refractivity contribution is 5.92. The maximum Gasteiger partial charge on any atom is 0.341 e. The molecule has 0 saturated carbocycles. The molecule has 0 aliphatic heterocycles. The van der Waals surface area contributed by atoms with E-state index in [9.17, 15) is 4.79 Å². The van der Waals surface area contributed by atoms with Crippen molar-refractivity contribution in [2.24, 2.45) is 0 Å². The summed E-state index contributed by atoms with van der Waals surface area (Å²) in [5, 5.41) is 3.39. The van der Waals surface area contributed by atoms with Crippen LogP contribution in [-0.4, -0.2) is 26.7 Å². The zero-order valence-electron chi connectivity index (χ0n) is 13.0. The molecule has 22 heavy (non-hydrogen) atoms. The topological polar surface area (TPSA) is 47.6 Å². The zero-order chi connectivity index (χ0) is 15.8. The highest BCUT2D eigenvalue weighted by Gasteiger charge is 2.13. The van der Waals surface area contributed by atoms with Crippen LogP contribution in [0.3, 0.4) is 0 Å². The smallest absolute Gasteiger partial charge is 0.341 e. The van der Waals surface area contributed by atoms with Gasteiger partial charge in [-0.2, -0.15) is 0 Å². The number of ether oxygens (including phenoxy) is 2. The van der Waals surface area contributed by atoms with E-state index in [1.807, 2.05) is 30.3 Å². The van der Waals surface area contributed by atoms with Gasteiger partial charge in [-0.1, -0.05) is 36.4 Å². The highest BCUT2D eigenvalue weighted by Crippen LogP contribution is 2.21. The Morgan fingerprint density at radius 1 is 1.05 bits per heavy atom. The number of esters is 1. The molecule has 0 fully saturated rings. The van der Waals surface area contributed by atoms with Gasteiger partial charge in [0, 0.05) is 6.54 Å². The normalized spacial score (nSPS) is 10.3. The SMILES string of the molecule is COC(=O)c1cc(CCNCc2ccccc2)ccc1OC. The van der Waals surface area contributed by atoms with Crippen LogP contribution in [0, 0.1) is 0 Å². The fourth-order valence-electron chi connectivity index (χ4n) is 2.24. The molecule has 0 heterocycles. The monoisotopic (exact) mass is 299 g/mol. The second-order valence-corrected chi connectivity index (χ2v) is 4.94. The second-order valence-electron chi connectivity index (χ2n) is 4.94. The van der Waals surface area contributed by atoms with Crippen LogP contribution in [0.4, 0.5) is 0 Å². The maximum absolute atomic E-state index is 11.7. The number of methoxy groups -OCH3 is 2. The summed E-state index contributed by atoms with van der Waals surface area (Å²) in [4.78, 5) is 11.7. The van der Waals surface area contributed by atoms with Crippen LogP contribution < -0.4 is 10.1 Å². The van der Waals surface area contributed by atoms with E-state index >= 15 is 0 Å².